The number of aliphatic carboxylic acids is 1. The van der Waals surface area contributed by atoms with Gasteiger partial charge < -0.3 is 9.67 Å². The lowest BCUT2D eigenvalue weighted by Gasteiger charge is -2.06. The van der Waals surface area contributed by atoms with E-state index in [1.54, 1.807) is 0 Å². The largest absolute Gasteiger partial charge is 0.481 e. The Kier molecular flexibility index (Phi) is 4.47. The van der Waals surface area contributed by atoms with Crippen LogP contribution in [-0.4, -0.2) is 20.6 Å². The van der Waals surface area contributed by atoms with E-state index in [0.29, 0.717) is 6.54 Å². The van der Waals surface area contributed by atoms with E-state index in [2.05, 4.69) is 26.0 Å². The third kappa shape index (κ3) is 3.38. The number of hydrogen-bond acceptors (Lipinski definition) is 2. The van der Waals surface area contributed by atoms with Crippen molar-refractivity contribution in [2.75, 3.05) is 0 Å². The molecule has 24 heavy (non-hydrogen) atoms. The van der Waals surface area contributed by atoms with Crippen molar-refractivity contribution in [1.29, 1.82) is 0 Å². The summed E-state index contributed by atoms with van der Waals surface area (Å²) in [7, 11) is 0. The van der Waals surface area contributed by atoms with E-state index in [9.17, 15) is 4.79 Å². The molecule has 4 nitrogen and oxygen atoms in total. The van der Waals surface area contributed by atoms with Crippen molar-refractivity contribution in [3.05, 3.63) is 65.0 Å². The lowest BCUT2D eigenvalue weighted by atomic mass is 10.1. The topological polar surface area (TPSA) is 55.1 Å². The standard InChI is InChI=1S/C20H20N2O2/c1-14-12-17-18(13-15(14)2)22(11-10-20(23)24)19(21-17)9-8-16-6-4-3-5-7-16/h3-9,12-13H,10-11H2,1-2H3,(H,23,24)/b9-8+. The lowest BCUT2D eigenvalue weighted by Crippen LogP contribution is -2.06. The zero-order valence-corrected chi connectivity index (χ0v) is 13.9. The SMILES string of the molecule is Cc1cc2nc(/C=C/c3ccccc3)n(CCC(=O)O)c2cc1C. The van der Waals surface area contributed by atoms with Crippen LogP contribution in [0.1, 0.15) is 28.9 Å². The van der Waals surface area contributed by atoms with Gasteiger partial charge in [0.1, 0.15) is 5.82 Å². The predicted molar refractivity (Wildman–Crippen MR) is 96.8 cm³/mol. The van der Waals surface area contributed by atoms with Gasteiger partial charge in [-0.15, -0.1) is 0 Å². The predicted octanol–water partition coefficient (Wildman–Crippen LogP) is 4.30. The molecule has 0 amide bonds. The van der Waals surface area contributed by atoms with Crippen LogP contribution in [0.3, 0.4) is 0 Å². The summed E-state index contributed by atoms with van der Waals surface area (Å²) in [5, 5.41) is 9.03. The highest BCUT2D eigenvalue weighted by atomic mass is 16.4. The summed E-state index contributed by atoms with van der Waals surface area (Å²) in [6.07, 6.45) is 4.02. The lowest BCUT2D eigenvalue weighted by molar-refractivity contribution is -0.137. The van der Waals surface area contributed by atoms with E-state index >= 15 is 0 Å². The number of nitrogens with zero attached hydrogens (tertiary/aromatic N) is 2. The fourth-order valence-corrected chi connectivity index (χ4v) is 2.70. The van der Waals surface area contributed by atoms with Crippen LogP contribution in [0.15, 0.2) is 42.5 Å². The summed E-state index contributed by atoms with van der Waals surface area (Å²) in [5.41, 5.74) is 5.33. The Morgan fingerprint density at radius 1 is 1.12 bits per heavy atom. The number of aromatic nitrogens is 2. The van der Waals surface area contributed by atoms with Crippen molar-refractivity contribution in [2.24, 2.45) is 0 Å². The van der Waals surface area contributed by atoms with Crippen LogP contribution in [0.4, 0.5) is 0 Å². The highest BCUT2D eigenvalue weighted by molar-refractivity contribution is 5.81. The molecule has 2 aromatic carbocycles. The van der Waals surface area contributed by atoms with Crippen molar-refractivity contribution >= 4 is 29.2 Å². The van der Waals surface area contributed by atoms with Gasteiger partial charge >= 0.3 is 5.97 Å². The van der Waals surface area contributed by atoms with Crippen molar-refractivity contribution in [2.45, 2.75) is 26.8 Å². The molecule has 1 N–H and O–H groups in total. The number of benzene rings is 2. The molecule has 3 rings (SSSR count). The molecule has 0 fully saturated rings. The monoisotopic (exact) mass is 320 g/mol. The number of imidazole rings is 1. The van der Waals surface area contributed by atoms with E-state index in [0.717, 1.165) is 22.4 Å². The van der Waals surface area contributed by atoms with Gasteiger partial charge in [-0.25, -0.2) is 4.98 Å². The van der Waals surface area contributed by atoms with Gasteiger partial charge in [0.25, 0.3) is 0 Å². The maximum atomic E-state index is 11.0. The molecule has 0 spiro atoms. The first kappa shape index (κ1) is 16.0. The highest BCUT2D eigenvalue weighted by Gasteiger charge is 2.11. The molecule has 0 aliphatic heterocycles. The molecule has 0 unspecified atom stereocenters. The van der Waals surface area contributed by atoms with Gasteiger partial charge in [0.15, 0.2) is 0 Å². The second-order valence-electron chi connectivity index (χ2n) is 5.93. The zero-order valence-electron chi connectivity index (χ0n) is 13.9. The highest BCUT2D eigenvalue weighted by Crippen LogP contribution is 2.22. The first-order valence-corrected chi connectivity index (χ1v) is 7.97. The molecular formula is C20H20N2O2. The second-order valence-corrected chi connectivity index (χ2v) is 5.93. The number of aryl methyl sites for hydroxylation is 3. The fourth-order valence-electron chi connectivity index (χ4n) is 2.70. The molecular weight excluding hydrogens is 300 g/mol. The van der Waals surface area contributed by atoms with Gasteiger partial charge in [-0.2, -0.15) is 0 Å². The third-order valence-electron chi connectivity index (χ3n) is 4.17. The van der Waals surface area contributed by atoms with Crippen LogP contribution in [0, 0.1) is 13.8 Å². The van der Waals surface area contributed by atoms with Crippen LogP contribution in [0.5, 0.6) is 0 Å². The minimum Gasteiger partial charge on any atom is -0.481 e. The Morgan fingerprint density at radius 3 is 2.54 bits per heavy atom. The van der Waals surface area contributed by atoms with Gasteiger partial charge in [0.05, 0.1) is 17.5 Å². The fraction of sp³-hybridized carbons (Fsp3) is 0.200. The van der Waals surface area contributed by atoms with Gasteiger partial charge in [-0.1, -0.05) is 36.4 Å². The average Bonchev–Trinajstić information content (AvgIpc) is 2.89. The number of fused-ring (bicyclic) bond motifs is 1. The molecule has 0 aliphatic rings. The first-order valence-electron chi connectivity index (χ1n) is 7.97. The quantitative estimate of drug-likeness (QED) is 0.762. The summed E-state index contributed by atoms with van der Waals surface area (Å²) < 4.78 is 1.98. The van der Waals surface area contributed by atoms with E-state index in [4.69, 9.17) is 10.1 Å². The Bertz CT molecular complexity index is 908. The van der Waals surface area contributed by atoms with E-state index < -0.39 is 5.97 Å². The zero-order chi connectivity index (χ0) is 17.1. The third-order valence-corrected chi connectivity index (χ3v) is 4.17. The Labute approximate surface area is 141 Å². The molecule has 0 saturated carbocycles. The minimum absolute atomic E-state index is 0.0740. The number of carboxylic acid groups (broad SMARTS) is 1. The summed E-state index contributed by atoms with van der Waals surface area (Å²) in [5.74, 6) is -0.0289. The molecule has 3 aromatic rings. The summed E-state index contributed by atoms with van der Waals surface area (Å²) >= 11 is 0. The smallest absolute Gasteiger partial charge is 0.305 e. The molecule has 122 valence electrons. The van der Waals surface area contributed by atoms with E-state index in [-0.39, 0.29) is 6.42 Å². The van der Waals surface area contributed by atoms with Crippen LogP contribution >= 0.6 is 0 Å². The Hall–Kier alpha value is -2.88. The Morgan fingerprint density at radius 2 is 1.83 bits per heavy atom. The van der Waals surface area contributed by atoms with Gasteiger partial charge in [-0.05, 0) is 48.7 Å². The molecule has 0 aliphatic carbocycles. The van der Waals surface area contributed by atoms with Crippen LogP contribution in [-0.2, 0) is 11.3 Å². The van der Waals surface area contributed by atoms with Crippen molar-refractivity contribution in [3.8, 4) is 0 Å². The van der Waals surface area contributed by atoms with Gasteiger partial charge in [-0.3, -0.25) is 4.79 Å². The maximum absolute atomic E-state index is 11.0. The van der Waals surface area contributed by atoms with Gasteiger partial charge in [0.2, 0.25) is 0 Å². The van der Waals surface area contributed by atoms with Crippen molar-refractivity contribution in [3.63, 3.8) is 0 Å². The maximum Gasteiger partial charge on any atom is 0.305 e. The van der Waals surface area contributed by atoms with E-state index in [1.807, 2.05) is 47.1 Å². The van der Waals surface area contributed by atoms with Crippen molar-refractivity contribution in [1.82, 2.24) is 9.55 Å². The number of carbonyl (C=O) groups is 1. The van der Waals surface area contributed by atoms with Gasteiger partial charge in [0, 0.05) is 6.54 Å². The molecule has 0 saturated heterocycles. The summed E-state index contributed by atoms with van der Waals surface area (Å²) in [6.45, 7) is 4.52. The Balaban J connectivity index is 2.06. The molecule has 4 heteroatoms. The number of carboxylic acids is 1. The van der Waals surface area contributed by atoms with Crippen molar-refractivity contribution < 1.29 is 9.90 Å². The average molecular weight is 320 g/mol. The van der Waals surface area contributed by atoms with Crippen LogP contribution < -0.4 is 0 Å². The first-order chi connectivity index (χ1) is 11.5. The normalized spacial score (nSPS) is 11.4. The summed E-state index contributed by atoms with van der Waals surface area (Å²) in [6, 6.07) is 14.1. The van der Waals surface area contributed by atoms with E-state index in [1.165, 1.54) is 11.1 Å². The molecule has 0 bridgehead atoms. The molecule has 1 aromatic heterocycles. The second kappa shape index (κ2) is 6.71. The minimum atomic E-state index is -0.807. The molecule has 0 atom stereocenters. The molecule has 1 heterocycles. The summed E-state index contributed by atoms with van der Waals surface area (Å²) in [4.78, 5) is 15.7. The van der Waals surface area contributed by atoms with Crippen LogP contribution in [0.2, 0.25) is 0 Å². The van der Waals surface area contributed by atoms with Crippen LogP contribution in [0.25, 0.3) is 23.2 Å². The number of hydrogen-bond donors (Lipinski definition) is 1. The molecule has 0 radical (unpaired) electrons. The number of rotatable bonds is 5.